The Bertz CT molecular complexity index is 380. The van der Waals surface area contributed by atoms with Crippen molar-refractivity contribution in [2.24, 2.45) is 5.73 Å². The van der Waals surface area contributed by atoms with E-state index in [0.717, 1.165) is 31.3 Å². The highest BCUT2D eigenvalue weighted by Gasteiger charge is 2.35. The van der Waals surface area contributed by atoms with E-state index in [4.69, 9.17) is 10.3 Å². The summed E-state index contributed by atoms with van der Waals surface area (Å²) in [5.41, 5.74) is 6.88. The van der Waals surface area contributed by atoms with Crippen LogP contribution in [0.25, 0.3) is 5.57 Å². The monoisotopic (exact) mass is 243 g/mol. The highest BCUT2D eigenvalue weighted by molar-refractivity contribution is 5.85. The Morgan fingerprint density at radius 3 is 2.62 bits per heavy atom. The van der Waals surface area contributed by atoms with E-state index in [1.807, 2.05) is 19.9 Å². The maximum absolute atomic E-state index is 6.23. The summed E-state index contributed by atoms with van der Waals surface area (Å²) in [5, 5.41) is 3.99. The number of rotatable bonds is 2. The van der Waals surface area contributed by atoms with Gasteiger partial charge in [-0.3, -0.25) is 0 Å². The minimum atomic E-state index is -0.351. The number of hydrogen-bond acceptors (Lipinski definition) is 4. The molecule has 1 aliphatic rings. The summed E-state index contributed by atoms with van der Waals surface area (Å²) in [6.07, 6.45) is 6.18. The van der Waals surface area contributed by atoms with Gasteiger partial charge in [0.25, 0.3) is 5.89 Å². The minimum Gasteiger partial charge on any atom is -0.334 e. The third-order valence-electron chi connectivity index (χ3n) is 3.14. The van der Waals surface area contributed by atoms with Crippen LogP contribution in [-0.4, -0.2) is 10.1 Å². The Kier molecular flexibility index (Phi) is 4.10. The number of halogens is 1. The van der Waals surface area contributed by atoms with E-state index in [1.165, 1.54) is 0 Å². The standard InChI is InChI=1S/C11H17N3O.ClH/c1-3-8(2)9-13-10(14-15-9)11(12)6-4-5-7-11;/h3H,4-7,12H2,1-2H3;1H/b8-3-;. The van der Waals surface area contributed by atoms with Gasteiger partial charge in [0.05, 0.1) is 5.54 Å². The van der Waals surface area contributed by atoms with Crippen LogP contribution in [-0.2, 0) is 5.54 Å². The van der Waals surface area contributed by atoms with Crippen molar-refractivity contribution in [1.29, 1.82) is 0 Å². The lowest BCUT2D eigenvalue weighted by atomic mass is 9.99. The Morgan fingerprint density at radius 2 is 2.06 bits per heavy atom. The molecular formula is C11H18ClN3O. The fraction of sp³-hybridized carbons (Fsp3) is 0.636. The van der Waals surface area contributed by atoms with Crippen molar-refractivity contribution in [2.45, 2.75) is 45.1 Å². The van der Waals surface area contributed by atoms with Crippen LogP contribution in [0.2, 0.25) is 0 Å². The Hall–Kier alpha value is -0.870. The zero-order chi connectivity index (χ0) is 10.9. The van der Waals surface area contributed by atoms with Gasteiger partial charge in [-0.1, -0.05) is 24.1 Å². The molecule has 2 rings (SSSR count). The first-order valence-electron chi connectivity index (χ1n) is 5.42. The van der Waals surface area contributed by atoms with Gasteiger partial charge in [-0.2, -0.15) is 4.98 Å². The first kappa shape index (κ1) is 13.2. The van der Waals surface area contributed by atoms with Crippen LogP contribution in [0.15, 0.2) is 10.6 Å². The average Bonchev–Trinajstić information content (AvgIpc) is 2.85. The van der Waals surface area contributed by atoms with Gasteiger partial charge in [-0.15, -0.1) is 12.4 Å². The van der Waals surface area contributed by atoms with Crippen LogP contribution >= 0.6 is 12.4 Å². The molecular weight excluding hydrogens is 226 g/mol. The van der Waals surface area contributed by atoms with Crippen molar-refractivity contribution in [3.05, 3.63) is 17.8 Å². The Labute approximate surface area is 102 Å². The Balaban J connectivity index is 0.00000128. The third kappa shape index (κ3) is 2.28. The quantitative estimate of drug-likeness (QED) is 0.867. The molecule has 4 nitrogen and oxygen atoms in total. The minimum absolute atomic E-state index is 0. The highest BCUT2D eigenvalue weighted by Crippen LogP contribution is 2.34. The number of nitrogens with zero attached hydrogens (tertiary/aromatic N) is 2. The normalized spacial score (nSPS) is 19.6. The van der Waals surface area contributed by atoms with Gasteiger partial charge in [-0.25, -0.2) is 0 Å². The molecule has 1 fully saturated rings. The molecule has 0 aromatic carbocycles. The molecule has 0 saturated heterocycles. The molecule has 5 heteroatoms. The lowest BCUT2D eigenvalue weighted by molar-refractivity contribution is 0.363. The zero-order valence-electron chi connectivity index (χ0n) is 9.69. The first-order valence-corrected chi connectivity index (χ1v) is 5.42. The second-order valence-corrected chi connectivity index (χ2v) is 4.26. The van der Waals surface area contributed by atoms with Gasteiger partial charge < -0.3 is 10.3 Å². The lowest BCUT2D eigenvalue weighted by Gasteiger charge is -2.17. The van der Waals surface area contributed by atoms with E-state index in [9.17, 15) is 0 Å². The van der Waals surface area contributed by atoms with Crippen molar-refractivity contribution in [2.75, 3.05) is 0 Å². The molecule has 0 aliphatic heterocycles. The largest absolute Gasteiger partial charge is 0.334 e. The molecule has 0 amide bonds. The molecule has 16 heavy (non-hydrogen) atoms. The second-order valence-electron chi connectivity index (χ2n) is 4.26. The topological polar surface area (TPSA) is 64.9 Å². The maximum atomic E-state index is 6.23. The smallest absolute Gasteiger partial charge is 0.253 e. The molecule has 0 bridgehead atoms. The molecule has 2 N–H and O–H groups in total. The molecule has 0 atom stereocenters. The number of allylic oxidation sites excluding steroid dienone is 2. The molecule has 1 heterocycles. The molecule has 0 unspecified atom stereocenters. The van der Waals surface area contributed by atoms with Crippen molar-refractivity contribution < 1.29 is 4.52 Å². The van der Waals surface area contributed by atoms with Crippen LogP contribution < -0.4 is 5.73 Å². The highest BCUT2D eigenvalue weighted by atomic mass is 35.5. The maximum Gasteiger partial charge on any atom is 0.253 e. The van der Waals surface area contributed by atoms with E-state index in [1.54, 1.807) is 0 Å². The van der Waals surface area contributed by atoms with Crippen LogP contribution in [0.3, 0.4) is 0 Å². The molecule has 1 saturated carbocycles. The van der Waals surface area contributed by atoms with Gasteiger partial charge in [0.15, 0.2) is 5.82 Å². The predicted molar refractivity (Wildman–Crippen MR) is 65.2 cm³/mol. The first-order chi connectivity index (χ1) is 7.15. The molecule has 1 aromatic heterocycles. The summed E-state index contributed by atoms with van der Waals surface area (Å²) >= 11 is 0. The van der Waals surface area contributed by atoms with Crippen molar-refractivity contribution in [1.82, 2.24) is 10.1 Å². The lowest BCUT2D eigenvalue weighted by Crippen LogP contribution is -2.34. The summed E-state index contributed by atoms with van der Waals surface area (Å²) < 4.78 is 5.19. The van der Waals surface area contributed by atoms with Crippen molar-refractivity contribution in [3.8, 4) is 0 Å². The SMILES string of the molecule is C/C=C(/C)c1nc(C2(N)CCCC2)no1.Cl. The van der Waals surface area contributed by atoms with Crippen LogP contribution in [0.1, 0.15) is 51.2 Å². The van der Waals surface area contributed by atoms with Crippen molar-refractivity contribution >= 4 is 18.0 Å². The molecule has 1 aliphatic carbocycles. The molecule has 0 radical (unpaired) electrons. The van der Waals surface area contributed by atoms with Crippen molar-refractivity contribution in [3.63, 3.8) is 0 Å². The third-order valence-corrected chi connectivity index (χ3v) is 3.14. The van der Waals surface area contributed by atoms with Crippen LogP contribution in [0, 0.1) is 0 Å². The van der Waals surface area contributed by atoms with Gasteiger partial charge >= 0.3 is 0 Å². The fourth-order valence-electron chi connectivity index (χ4n) is 1.94. The molecule has 1 aromatic rings. The Morgan fingerprint density at radius 1 is 1.44 bits per heavy atom. The molecule has 90 valence electrons. The van der Waals surface area contributed by atoms with E-state index in [-0.39, 0.29) is 17.9 Å². The predicted octanol–water partition coefficient (Wildman–Crippen LogP) is 2.64. The zero-order valence-corrected chi connectivity index (χ0v) is 10.5. The van der Waals surface area contributed by atoms with Crippen LogP contribution in [0.5, 0.6) is 0 Å². The molecule has 0 spiro atoms. The summed E-state index contributed by atoms with van der Waals surface area (Å²) in [5.74, 6) is 1.25. The summed E-state index contributed by atoms with van der Waals surface area (Å²) in [6.45, 7) is 3.90. The average molecular weight is 244 g/mol. The van der Waals surface area contributed by atoms with Crippen LogP contribution in [0.4, 0.5) is 0 Å². The van der Waals surface area contributed by atoms with E-state index < -0.39 is 0 Å². The van der Waals surface area contributed by atoms with Gasteiger partial charge in [-0.05, 0) is 26.7 Å². The van der Waals surface area contributed by atoms with Gasteiger partial charge in [0, 0.05) is 5.57 Å². The van der Waals surface area contributed by atoms with E-state index in [0.29, 0.717) is 11.7 Å². The summed E-state index contributed by atoms with van der Waals surface area (Å²) in [6, 6.07) is 0. The summed E-state index contributed by atoms with van der Waals surface area (Å²) in [4.78, 5) is 4.36. The fourth-order valence-corrected chi connectivity index (χ4v) is 1.94. The van der Waals surface area contributed by atoms with Gasteiger partial charge in [0.1, 0.15) is 0 Å². The van der Waals surface area contributed by atoms with Gasteiger partial charge in [0.2, 0.25) is 0 Å². The number of aromatic nitrogens is 2. The summed E-state index contributed by atoms with van der Waals surface area (Å²) in [7, 11) is 0. The number of nitrogens with two attached hydrogens (primary N) is 1. The number of hydrogen-bond donors (Lipinski definition) is 1. The van der Waals surface area contributed by atoms with E-state index >= 15 is 0 Å². The second kappa shape index (κ2) is 4.97. The van der Waals surface area contributed by atoms with E-state index in [2.05, 4.69) is 10.1 Å².